The van der Waals surface area contributed by atoms with Crippen LogP contribution >= 0.6 is 22.9 Å². The first-order valence-electron chi connectivity index (χ1n) is 7.30. The van der Waals surface area contributed by atoms with Gasteiger partial charge in [-0.1, -0.05) is 11.6 Å². The summed E-state index contributed by atoms with van der Waals surface area (Å²) in [4.78, 5) is 23.5. The molecule has 3 N–H and O–H groups in total. The molecule has 0 saturated carbocycles. The fourth-order valence-electron chi connectivity index (χ4n) is 2.34. The Bertz CT molecular complexity index is 790. The molecule has 8 heteroatoms. The van der Waals surface area contributed by atoms with Crippen LogP contribution in [0.15, 0.2) is 23.6 Å². The molecule has 3 rings (SSSR count). The fraction of sp³-hybridized carbons (Fsp3) is 0.250. The number of nitrogens with two attached hydrogens (primary N) is 1. The van der Waals surface area contributed by atoms with Crippen LogP contribution in [0, 0.1) is 0 Å². The Morgan fingerprint density at radius 2 is 2.08 bits per heavy atom. The number of carbonyl (C=O) groups is 2. The Balaban J connectivity index is 1.75. The minimum atomic E-state index is -0.579. The van der Waals surface area contributed by atoms with E-state index >= 15 is 0 Å². The number of thiophene rings is 1. The molecule has 0 aliphatic carbocycles. The number of carbonyl (C=O) groups excluding carboxylic acids is 2. The largest absolute Gasteiger partial charge is 0.489 e. The van der Waals surface area contributed by atoms with Gasteiger partial charge in [-0.05, 0) is 29.1 Å². The first-order valence-corrected chi connectivity index (χ1v) is 8.55. The molecule has 1 aliphatic rings. The van der Waals surface area contributed by atoms with Crippen LogP contribution in [0.1, 0.15) is 22.3 Å². The van der Waals surface area contributed by atoms with Crippen molar-refractivity contribution in [1.82, 2.24) is 0 Å². The Morgan fingerprint density at radius 3 is 2.88 bits per heavy atom. The van der Waals surface area contributed by atoms with Crippen LogP contribution < -0.4 is 20.5 Å². The highest BCUT2D eigenvalue weighted by Gasteiger charge is 2.18. The van der Waals surface area contributed by atoms with E-state index in [1.165, 1.54) is 11.3 Å². The van der Waals surface area contributed by atoms with E-state index in [0.717, 1.165) is 6.42 Å². The topological polar surface area (TPSA) is 90.7 Å². The smallest absolute Gasteiger partial charge is 0.251 e. The molecule has 0 saturated heterocycles. The summed E-state index contributed by atoms with van der Waals surface area (Å²) in [6.07, 6.45) is 0.863. The molecule has 2 amide bonds. The van der Waals surface area contributed by atoms with Gasteiger partial charge in [-0.3, -0.25) is 9.59 Å². The van der Waals surface area contributed by atoms with E-state index in [9.17, 15) is 9.59 Å². The quantitative estimate of drug-likeness (QED) is 0.870. The summed E-state index contributed by atoms with van der Waals surface area (Å²) in [6, 6.07) is 5.00. The van der Waals surface area contributed by atoms with Crippen LogP contribution in [-0.2, 0) is 11.2 Å². The average Bonchev–Trinajstić information content (AvgIpc) is 2.84. The van der Waals surface area contributed by atoms with E-state index in [2.05, 4.69) is 5.32 Å². The van der Waals surface area contributed by atoms with Crippen molar-refractivity contribution in [2.45, 2.75) is 12.8 Å². The van der Waals surface area contributed by atoms with Gasteiger partial charge in [0.25, 0.3) is 5.91 Å². The summed E-state index contributed by atoms with van der Waals surface area (Å²) in [6.45, 7) is 1.08. The fourth-order valence-corrected chi connectivity index (χ4v) is 3.44. The number of halogens is 1. The molecule has 0 unspecified atom stereocenters. The van der Waals surface area contributed by atoms with E-state index in [1.807, 2.05) is 0 Å². The zero-order valence-electron chi connectivity index (χ0n) is 12.6. The third-order valence-corrected chi connectivity index (χ3v) is 4.52. The molecule has 2 heterocycles. The summed E-state index contributed by atoms with van der Waals surface area (Å²) >= 11 is 7.46. The lowest BCUT2D eigenvalue weighted by atomic mass is 10.1. The normalized spacial score (nSPS) is 13.2. The van der Waals surface area contributed by atoms with Gasteiger partial charge in [0, 0.05) is 6.42 Å². The number of rotatable bonds is 4. The Morgan fingerprint density at radius 1 is 1.29 bits per heavy atom. The Kier molecular flexibility index (Phi) is 4.92. The van der Waals surface area contributed by atoms with Gasteiger partial charge in [0.05, 0.1) is 30.2 Å². The number of hydrogen-bond acceptors (Lipinski definition) is 5. The Labute approximate surface area is 147 Å². The van der Waals surface area contributed by atoms with Crippen LogP contribution in [0.4, 0.5) is 5.00 Å². The lowest BCUT2D eigenvalue weighted by molar-refractivity contribution is -0.115. The third kappa shape index (κ3) is 3.63. The van der Waals surface area contributed by atoms with E-state index in [0.29, 0.717) is 45.9 Å². The van der Waals surface area contributed by atoms with E-state index in [-0.39, 0.29) is 12.3 Å². The molecule has 24 heavy (non-hydrogen) atoms. The number of fused-ring (bicyclic) bond motifs is 1. The maximum absolute atomic E-state index is 12.2. The van der Waals surface area contributed by atoms with E-state index < -0.39 is 5.91 Å². The molecule has 6 nitrogen and oxygen atoms in total. The van der Waals surface area contributed by atoms with Gasteiger partial charge in [-0.2, -0.15) is 0 Å². The van der Waals surface area contributed by atoms with Crippen molar-refractivity contribution in [3.63, 3.8) is 0 Å². The maximum Gasteiger partial charge on any atom is 0.251 e. The van der Waals surface area contributed by atoms with E-state index in [1.54, 1.807) is 23.6 Å². The summed E-state index contributed by atoms with van der Waals surface area (Å²) in [5.74, 6) is 0.194. The Hall–Kier alpha value is -2.25. The molecule has 0 bridgehead atoms. The van der Waals surface area contributed by atoms with Gasteiger partial charge in [0.2, 0.25) is 5.91 Å². The molecule has 0 radical (unpaired) electrons. The minimum absolute atomic E-state index is 0.0897. The molecule has 1 aromatic heterocycles. The lowest BCUT2D eigenvalue weighted by Gasteiger charge is -2.11. The highest BCUT2D eigenvalue weighted by atomic mass is 35.5. The van der Waals surface area contributed by atoms with Crippen LogP contribution in [-0.4, -0.2) is 25.0 Å². The van der Waals surface area contributed by atoms with Crippen LogP contribution in [0.3, 0.4) is 0 Å². The minimum Gasteiger partial charge on any atom is -0.489 e. The maximum atomic E-state index is 12.2. The number of amides is 2. The van der Waals surface area contributed by atoms with Crippen molar-refractivity contribution in [3.8, 4) is 11.5 Å². The third-order valence-electron chi connectivity index (χ3n) is 3.41. The van der Waals surface area contributed by atoms with Crippen molar-refractivity contribution in [3.05, 3.63) is 39.7 Å². The van der Waals surface area contributed by atoms with E-state index in [4.69, 9.17) is 26.8 Å². The predicted octanol–water partition coefficient (Wildman–Crippen LogP) is 2.84. The van der Waals surface area contributed by atoms with Crippen LogP contribution in [0.5, 0.6) is 11.5 Å². The van der Waals surface area contributed by atoms with Gasteiger partial charge in [-0.25, -0.2) is 0 Å². The van der Waals surface area contributed by atoms with Crippen molar-refractivity contribution in [2.75, 3.05) is 18.5 Å². The van der Waals surface area contributed by atoms with Crippen LogP contribution in [0.2, 0.25) is 5.02 Å². The van der Waals surface area contributed by atoms with Crippen LogP contribution in [0.25, 0.3) is 0 Å². The zero-order valence-corrected chi connectivity index (χ0v) is 14.2. The molecule has 0 atom stereocenters. The van der Waals surface area contributed by atoms with Gasteiger partial charge in [0.15, 0.2) is 11.5 Å². The second-order valence-electron chi connectivity index (χ2n) is 5.21. The summed E-state index contributed by atoms with van der Waals surface area (Å²) in [7, 11) is 0. The van der Waals surface area contributed by atoms with Gasteiger partial charge >= 0.3 is 0 Å². The molecular weight excluding hydrogens is 352 g/mol. The van der Waals surface area contributed by atoms with Gasteiger partial charge < -0.3 is 20.5 Å². The number of primary amides is 1. The van der Waals surface area contributed by atoms with Crippen molar-refractivity contribution < 1.29 is 19.1 Å². The molecular formula is C16H15ClN2O4S. The standard InChI is InChI=1S/C16H15ClN2O4S/c17-11-6-9(7-12-14(11)23-4-1-3-22-12)8-13(20)19-16-10(15(18)21)2-5-24-16/h2,5-7H,1,3-4,8H2,(H2,18,21)(H,19,20). The number of nitrogens with one attached hydrogen (secondary N) is 1. The van der Waals surface area contributed by atoms with Gasteiger partial charge in [-0.15, -0.1) is 11.3 Å². The lowest BCUT2D eigenvalue weighted by Crippen LogP contribution is -2.18. The highest BCUT2D eigenvalue weighted by molar-refractivity contribution is 7.14. The number of anilines is 1. The van der Waals surface area contributed by atoms with Gasteiger partial charge in [0.1, 0.15) is 5.00 Å². The highest BCUT2D eigenvalue weighted by Crippen LogP contribution is 2.38. The summed E-state index contributed by atoms with van der Waals surface area (Å²) in [5, 5.41) is 5.24. The first-order chi connectivity index (χ1) is 11.5. The van der Waals surface area contributed by atoms with Crippen molar-refractivity contribution in [1.29, 1.82) is 0 Å². The van der Waals surface area contributed by atoms with Crippen molar-refractivity contribution >= 4 is 39.8 Å². The zero-order chi connectivity index (χ0) is 17.1. The molecule has 0 spiro atoms. The summed E-state index contributed by atoms with van der Waals surface area (Å²) < 4.78 is 11.2. The second-order valence-corrected chi connectivity index (χ2v) is 6.53. The SMILES string of the molecule is NC(=O)c1ccsc1NC(=O)Cc1cc(Cl)c2c(c1)OCCCO2. The van der Waals surface area contributed by atoms with Crippen molar-refractivity contribution in [2.24, 2.45) is 5.73 Å². The second kappa shape index (κ2) is 7.11. The average molecular weight is 367 g/mol. The first kappa shape index (κ1) is 16.6. The molecule has 1 aliphatic heterocycles. The monoisotopic (exact) mass is 366 g/mol. The molecule has 0 fully saturated rings. The molecule has 126 valence electrons. The molecule has 1 aromatic carbocycles. The molecule has 2 aromatic rings. The number of hydrogen-bond donors (Lipinski definition) is 2. The summed E-state index contributed by atoms with van der Waals surface area (Å²) in [5.41, 5.74) is 6.26. The number of ether oxygens (including phenoxy) is 2. The predicted molar refractivity (Wildman–Crippen MR) is 92.2 cm³/mol. The number of benzene rings is 1.